The van der Waals surface area contributed by atoms with E-state index in [0.29, 0.717) is 29.8 Å². The van der Waals surface area contributed by atoms with Crippen LogP contribution in [0.1, 0.15) is 24.3 Å². The number of likely N-dealkylation sites (tertiary alicyclic amines) is 1. The Balaban J connectivity index is 1.11. The van der Waals surface area contributed by atoms with E-state index in [0.717, 1.165) is 68.4 Å². The highest BCUT2D eigenvalue weighted by Crippen LogP contribution is 2.31. The maximum absolute atomic E-state index is 13.2. The molecule has 0 saturated carbocycles. The minimum absolute atomic E-state index is 0.0655. The van der Waals surface area contributed by atoms with Crippen molar-refractivity contribution in [2.45, 2.75) is 26.3 Å². The Morgan fingerprint density at radius 1 is 1.00 bits per heavy atom. The standard InChI is InChI=1S/C28H34ClN5O4/c1-19-4-6-22(29)17-23(19)33-12-14-34(15-13-33)28(35)20-8-10-32(11-9-20)18-26-30-27(31-38-26)21-5-7-24(36-2)25(16-21)37-3/h4-7,16-17,20H,8-15,18H2,1-3H3. The zero-order chi connectivity index (χ0) is 26.6. The molecule has 0 atom stereocenters. The number of piperidine rings is 1. The third-order valence-electron chi connectivity index (χ3n) is 7.51. The molecule has 202 valence electrons. The van der Waals surface area contributed by atoms with Crippen LogP contribution in [0, 0.1) is 12.8 Å². The number of benzene rings is 2. The first-order chi connectivity index (χ1) is 18.4. The van der Waals surface area contributed by atoms with Crippen molar-refractivity contribution in [3.05, 3.63) is 52.9 Å². The normalized spacial score (nSPS) is 17.1. The monoisotopic (exact) mass is 539 g/mol. The van der Waals surface area contributed by atoms with Crippen molar-refractivity contribution in [1.29, 1.82) is 0 Å². The second-order valence-corrected chi connectivity index (χ2v) is 10.3. The van der Waals surface area contributed by atoms with Crippen LogP contribution in [0.4, 0.5) is 5.69 Å². The molecule has 10 heteroatoms. The third kappa shape index (κ3) is 5.73. The summed E-state index contributed by atoms with van der Waals surface area (Å²) < 4.78 is 16.2. The number of ether oxygens (including phenoxy) is 2. The summed E-state index contributed by atoms with van der Waals surface area (Å²) >= 11 is 6.21. The zero-order valence-electron chi connectivity index (χ0n) is 22.2. The summed E-state index contributed by atoms with van der Waals surface area (Å²) in [5.74, 6) is 2.68. The fourth-order valence-electron chi connectivity index (χ4n) is 5.29. The number of aromatic nitrogens is 2. The Bertz CT molecular complexity index is 1270. The van der Waals surface area contributed by atoms with Gasteiger partial charge in [0.05, 0.1) is 20.8 Å². The van der Waals surface area contributed by atoms with Crippen LogP contribution in [0.3, 0.4) is 0 Å². The van der Waals surface area contributed by atoms with Crippen molar-refractivity contribution in [3.63, 3.8) is 0 Å². The highest BCUT2D eigenvalue weighted by Gasteiger charge is 2.31. The second-order valence-electron chi connectivity index (χ2n) is 9.88. The molecule has 2 aliphatic rings. The molecule has 0 spiro atoms. The largest absolute Gasteiger partial charge is 0.493 e. The van der Waals surface area contributed by atoms with E-state index in [2.05, 4.69) is 26.9 Å². The van der Waals surface area contributed by atoms with Gasteiger partial charge in [-0.05, 0) is 68.8 Å². The van der Waals surface area contributed by atoms with Gasteiger partial charge in [0.15, 0.2) is 11.5 Å². The maximum Gasteiger partial charge on any atom is 0.241 e. The zero-order valence-corrected chi connectivity index (χ0v) is 22.9. The van der Waals surface area contributed by atoms with Gasteiger partial charge in [-0.2, -0.15) is 4.98 Å². The molecule has 0 radical (unpaired) electrons. The molecule has 38 heavy (non-hydrogen) atoms. The Kier molecular flexibility index (Phi) is 8.04. The summed E-state index contributed by atoms with van der Waals surface area (Å²) in [6, 6.07) is 11.5. The predicted octanol–water partition coefficient (Wildman–Crippen LogP) is 4.28. The lowest BCUT2D eigenvalue weighted by molar-refractivity contribution is -0.137. The maximum atomic E-state index is 13.2. The number of nitrogens with zero attached hydrogens (tertiary/aromatic N) is 5. The van der Waals surface area contributed by atoms with Gasteiger partial charge < -0.3 is 23.8 Å². The lowest BCUT2D eigenvalue weighted by Crippen LogP contribution is -2.51. The molecule has 0 unspecified atom stereocenters. The van der Waals surface area contributed by atoms with E-state index in [4.69, 9.17) is 25.6 Å². The van der Waals surface area contributed by atoms with Gasteiger partial charge in [0.1, 0.15) is 0 Å². The summed E-state index contributed by atoms with van der Waals surface area (Å²) in [6.07, 6.45) is 1.67. The molecule has 3 heterocycles. The van der Waals surface area contributed by atoms with E-state index in [9.17, 15) is 4.79 Å². The number of halogens is 1. The van der Waals surface area contributed by atoms with Crippen molar-refractivity contribution in [2.75, 3.05) is 58.4 Å². The minimum Gasteiger partial charge on any atom is -0.493 e. The third-order valence-corrected chi connectivity index (χ3v) is 7.74. The number of aryl methyl sites for hydroxylation is 1. The van der Waals surface area contributed by atoms with Crippen LogP contribution in [0.15, 0.2) is 40.9 Å². The number of piperazine rings is 1. The van der Waals surface area contributed by atoms with Gasteiger partial charge in [-0.15, -0.1) is 0 Å². The van der Waals surface area contributed by atoms with Crippen molar-refractivity contribution in [2.24, 2.45) is 5.92 Å². The van der Waals surface area contributed by atoms with E-state index in [1.165, 1.54) is 5.56 Å². The quantitative estimate of drug-likeness (QED) is 0.440. The predicted molar refractivity (Wildman–Crippen MR) is 146 cm³/mol. The van der Waals surface area contributed by atoms with E-state index >= 15 is 0 Å². The smallest absolute Gasteiger partial charge is 0.241 e. The number of anilines is 1. The number of hydrogen-bond donors (Lipinski definition) is 0. The van der Waals surface area contributed by atoms with Crippen LogP contribution < -0.4 is 14.4 Å². The number of carbonyl (C=O) groups is 1. The van der Waals surface area contributed by atoms with Crippen molar-refractivity contribution < 1.29 is 18.8 Å². The molecule has 2 aromatic carbocycles. The first-order valence-corrected chi connectivity index (χ1v) is 13.4. The molecule has 0 bridgehead atoms. The van der Waals surface area contributed by atoms with Gasteiger partial charge in [0.2, 0.25) is 17.6 Å². The fourth-order valence-corrected chi connectivity index (χ4v) is 5.46. The van der Waals surface area contributed by atoms with E-state index in [1.807, 2.05) is 41.3 Å². The summed E-state index contributed by atoms with van der Waals surface area (Å²) in [4.78, 5) is 24.5. The summed E-state index contributed by atoms with van der Waals surface area (Å²) in [6.45, 7) is 7.45. The van der Waals surface area contributed by atoms with Crippen molar-refractivity contribution in [1.82, 2.24) is 19.9 Å². The highest BCUT2D eigenvalue weighted by molar-refractivity contribution is 6.30. The molecule has 9 nitrogen and oxygen atoms in total. The van der Waals surface area contributed by atoms with Crippen LogP contribution >= 0.6 is 11.6 Å². The summed E-state index contributed by atoms with van der Waals surface area (Å²) in [5.41, 5.74) is 3.17. The van der Waals surface area contributed by atoms with E-state index in [-0.39, 0.29) is 11.8 Å². The topological polar surface area (TPSA) is 84.2 Å². The van der Waals surface area contributed by atoms with Crippen LogP contribution in [0.2, 0.25) is 5.02 Å². The Morgan fingerprint density at radius 2 is 1.74 bits per heavy atom. The number of hydrogen-bond acceptors (Lipinski definition) is 8. The number of methoxy groups -OCH3 is 2. The molecule has 1 amide bonds. The average molecular weight is 540 g/mol. The molecule has 1 aromatic heterocycles. The first kappa shape index (κ1) is 26.3. The number of rotatable bonds is 7. The fraction of sp³-hybridized carbons (Fsp3) is 0.464. The molecule has 0 N–H and O–H groups in total. The van der Waals surface area contributed by atoms with Crippen molar-refractivity contribution >= 4 is 23.2 Å². The molecule has 0 aliphatic carbocycles. The van der Waals surface area contributed by atoms with Crippen LogP contribution in [-0.2, 0) is 11.3 Å². The molecule has 2 saturated heterocycles. The molecule has 2 fully saturated rings. The number of carbonyl (C=O) groups excluding carboxylic acids is 1. The lowest BCUT2D eigenvalue weighted by atomic mass is 9.95. The summed E-state index contributed by atoms with van der Waals surface area (Å²) in [7, 11) is 3.20. The Morgan fingerprint density at radius 3 is 2.45 bits per heavy atom. The molecule has 5 rings (SSSR count). The lowest BCUT2D eigenvalue weighted by Gasteiger charge is -2.39. The molecule has 2 aliphatic heterocycles. The molecular formula is C28H34ClN5O4. The van der Waals surface area contributed by atoms with Gasteiger partial charge in [0, 0.05) is 48.4 Å². The minimum atomic E-state index is 0.0655. The van der Waals surface area contributed by atoms with E-state index < -0.39 is 0 Å². The summed E-state index contributed by atoms with van der Waals surface area (Å²) in [5, 5.41) is 4.89. The van der Waals surface area contributed by atoms with Crippen LogP contribution in [0.5, 0.6) is 11.5 Å². The van der Waals surface area contributed by atoms with Gasteiger partial charge in [-0.3, -0.25) is 9.69 Å². The van der Waals surface area contributed by atoms with Crippen LogP contribution in [-0.4, -0.2) is 79.3 Å². The van der Waals surface area contributed by atoms with Gasteiger partial charge >= 0.3 is 0 Å². The SMILES string of the molecule is COc1ccc(-c2noc(CN3CCC(C(=O)N4CCN(c5cc(Cl)ccc5C)CC4)CC3)n2)cc1OC. The Labute approximate surface area is 228 Å². The highest BCUT2D eigenvalue weighted by atomic mass is 35.5. The van der Waals surface area contributed by atoms with Gasteiger partial charge in [-0.1, -0.05) is 22.8 Å². The molecular weight excluding hydrogens is 506 g/mol. The second kappa shape index (κ2) is 11.6. The van der Waals surface area contributed by atoms with Crippen molar-refractivity contribution in [3.8, 4) is 22.9 Å². The van der Waals surface area contributed by atoms with E-state index in [1.54, 1.807) is 14.2 Å². The van der Waals surface area contributed by atoms with Gasteiger partial charge in [0.25, 0.3) is 0 Å². The molecule has 3 aromatic rings. The first-order valence-electron chi connectivity index (χ1n) is 13.0. The number of amides is 1. The Hall–Kier alpha value is -3.30. The van der Waals surface area contributed by atoms with Crippen LogP contribution in [0.25, 0.3) is 11.4 Å². The average Bonchev–Trinajstić information content (AvgIpc) is 3.42. The van der Waals surface area contributed by atoms with Gasteiger partial charge in [-0.25, -0.2) is 0 Å².